The minimum Gasteiger partial charge on any atom is -0.349 e. The van der Waals surface area contributed by atoms with E-state index in [-0.39, 0.29) is 6.04 Å². The first-order valence-corrected chi connectivity index (χ1v) is 7.27. The van der Waals surface area contributed by atoms with Crippen LogP contribution >= 0.6 is 23.2 Å². The van der Waals surface area contributed by atoms with Crippen molar-refractivity contribution in [2.75, 3.05) is 0 Å². The van der Waals surface area contributed by atoms with Crippen molar-refractivity contribution in [3.8, 4) is 0 Å². The fraction of sp³-hybridized carbons (Fsp3) is 0.333. The molecule has 3 rings (SSSR count). The van der Waals surface area contributed by atoms with Crippen molar-refractivity contribution < 1.29 is 0 Å². The van der Waals surface area contributed by atoms with Crippen molar-refractivity contribution in [2.24, 2.45) is 5.73 Å². The number of aromatic nitrogens is 1. The van der Waals surface area contributed by atoms with E-state index in [9.17, 15) is 0 Å². The largest absolute Gasteiger partial charge is 0.349 e. The van der Waals surface area contributed by atoms with Crippen LogP contribution in [0.4, 0.5) is 0 Å². The van der Waals surface area contributed by atoms with Gasteiger partial charge >= 0.3 is 0 Å². The Balaban J connectivity index is 1.85. The molecule has 19 heavy (non-hydrogen) atoms. The monoisotopic (exact) mass is 294 g/mol. The first-order valence-electron chi connectivity index (χ1n) is 6.51. The molecule has 0 amide bonds. The second-order valence-electron chi connectivity index (χ2n) is 5.16. The van der Waals surface area contributed by atoms with E-state index in [1.807, 2.05) is 18.2 Å². The van der Waals surface area contributed by atoms with Gasteiger partial charge in [-0.1, -0.05) is 29.3 Å². The molecule has 1 aromatic heterocycles. The number of rotatable bonds is 2. The van der Waals surface area contributed by atoms with E-state index in [1.165, 1.54) is 17.5 Å². The van der Waals surface area contributed by atoms with Crippen LogP contribution in [0.2, 0.25) is 10.0 Å². The zero-order valence-electron chi connectivity index (χ0n) is 10.6. The van der Waals surface area contributed by atoms with Crippen molar-refractivity contribution in [1.29, 1.82) is 0 Å². The normalized spacial score (nSPS) is 18.4. The van der Waals surface area contributed by atoms with E-state index < -0.39 is 0 Å². The number of nitrogens with zero attached hydrogens (tertiary/aromatic N) is 1. The van der Waals surface area contributed by atoms with Crippen LogP contribution in [0, 0.1) is 0 Å². The van der Waals surface area contributed by atoms with Crippen molar-refractivity contribution in [2.45, 2.75) is 31.8 Å². The second kappa shape index (κ2) is 5.20. The third kappa shape index (κ3) is 2.66. The molecule has 2 aromatic rings. The van der Waals surface area contributed by atoms with Crippen LogP contribution in [0.15, 0.2) is 30.6 Å². The van der Waals surface area contributed by atoms with E-state index >= 15 is 0 Å². The SMILES string of the molecule is NC1CCCc2cn(Cc3ccc(Cl)c(Cl)c3)cc21. The van der Waals surface area contributed by atoms with Crippen molar-refractivity contribution >= 4 is 23.2 Å². The van der Waals surface area contributed by atoms with Crippen LogP contribution in [0.5, 0.6) is 0 Å². The summed E-state index contributed by atoms with van der Waals surface area (Å²) >= 11 is 12.0. The van der Waals surface area contributed by atoms with Crippen LogP contribution in [0.3, 0.4) is 0 Å². The van der Waals surface area contributed by atoms with Gasteiger partial charge in [-0.2, -0.15) is 0 Å². The lowest BCUT2D eigenvalue weighted by Crippen LogP contribution is -2.15. The quantitative estimate of drug-likeness (QED) is 0.885. The zero-order valence-corrected chi connectivity index (χ0v) is 12.1. The molecule has 4 heteroatoms. The average Bonchev–Trinajstić information content (AvgIpc) is 2.78. The Morgan fingerprint density at radius 1 is 1.21 bits per heavy atom. The van der Waals surface area contributed by atoms with Gasteiger partial charge in [-0.25, -0.2) is 0 Å². The molecule has 1 aliphatic rings. The molecular formula is C15H16Cl2N2. The Hall–Kier alpha value is -0.960. The Morgan fingerprint density at radius 2 is 2.05 bits per heavy atom. The van der Waals surface area contributed by atoms with Crippen LogP contribution in [0.25, 0.3) is 0 Å². The predicted molar refractivity (Wildman–Crippen MR) is 79.9 cm³/mol. The fourth-order valence-electron chi connectivity index (χ4n) is 2.72. The lowest BCUT2D eigenvalue weighted by Gasteiger charge is -2.17. The Labute approximate surface area is 123 Å². The summed E-state index contributed by atoms with van der Waals surface area (Å²) in [6, 6.07) is 5.96. The van der Waals surface area contributed by atoms with Gasteiger partial charge in [0.1, 0.15) is 0 Å². The third-order valence-electron chi connectivity index (χ3n) is 3.71. The summed E-state index contributed by atoms with van der Waals surface area (Å²) in [6.07, 6.45) is 7.78. The molecule has 1 aromatic carbocycles. The fourth-order valence-corrected chi connectivity index (χ4v) is 3.04. The topological polar surface area (TPSA) is 30.9 Å². The van der Waals surface area contributed by atoms with Crippen molar-refractivity contribution in [3.05, 3.63) is 57.3 Å². The number of hydrogen-bond donors (Lipinski definition) is 1. The van der Waals surface area contributed by atoms with Gasteiger partial charge in [0.15, 0.2) is 0 Å². The maximum absolute atomic E-state index is 6.15. The van der Waals surface area contributed by atoms with Crippen LogP contribution < -0.4 is 5.73 Å². The van der Waals surface area contributed by atoms with E-state index in [0.717, 1.165) is 24.9 Å². The smallest absolute Gasteiger partial charge is 0.0595 e. The molecule has 1 atom stereocenters. The minimum absolute atomic E-state index is 0.193. The number of hydrogen-bond acceptors (Lipinski definition) is 1. The number of halogens is 2. The van der Waals surface area contributed by atoms with Gasteiger partial charge in [0.05, 0.1) is 10.0 Å². The Kier molecular flexibility index (Phi) is 3.57. The van der Waals surface area contributed by atoms with Crippen LogP contribution in [-0.4, -0.2) is 4.57 Å². The summed E-state index contributed by atoms with van der Waals surface area (Å²) in [6.45, 7) is 0.802. The van der Waals surface area contributed by atoms with E-state index in [4.69, 9.17) is 28.9 Å². The molecular weight excluding hydrogens is 279 g/mol. The molecule has 100 valence electrons. The molecule has 2 nitrogen and oxygen atoms in total. The van der Waals surface area contributed by atoms with Gasteiger partial charge in [0.25, 0.3) is 0 Å². The predicted octanol–water partition coefficient (Wildman–Crippen LogP) is 4.18. The molecule has 0 aliphatic heterocycles. The Morgan fingerprint density at radius 3 is 2.79 bits per heavy atom. The summed E-state index contributed by atoms with van der Waals surface area (Å²) in [7, 11) is 0. The molecule has 1 heterocycles. The molecule has 0 bridgehead atoms. The van der Waals surface area contributed by atoms with Gasteiger partial charge in [-0.3, -0.25) is 0 Å². The molecule has 0 saturated carbocycles. The van der Waals surface area contributed by atoms with Gasteiger partial charge in [0, 0.05) is 25.0 Å². The van der Waals surface area contributed by atoms with Crippen LogP contribution in [-0.2, 0) is 13.0 Å². The lowest BCUT2D eigenvalue weighted by atomic mass is 9.92. The first-order chi connectivity index (χ1) is 9.13. The summed E-state index contributed by atoms with van der Waals surface area (Å²) in [5.74, 6) is 0. The Bertz CT molecular complexity index is 604. The minimum atomic E-state index is 0.193. The van der Waals surface area contributed by atoms with Gasteiger partial charge in [0.2, 0.25) is 0 Å². The third-order valence-corrected chi connectivity index (χ3v) is 4.45. The summed E-state index contributed by atoms with van der Waals surface area (Å²) < 4.78 is 2.19. The molecule has 0 spiro atoms. The number of benzene rings is 1. The summed E-state index contributed by atoms with van der Waals surface area (Å²) in [5.41, 5.74) is 9.98. The van der Waals surface area contributed by atoms with E-state index in [1.54, 1.807) is 0 Å². The molecule has 0 saturated heterocycles. The number of aryl methyl sites for hydroxylation is 1. The van der Waals surface area contributed by atoms with Crippen molar-refractivity contribution in [3.63, 3.8) is 0 Å². The van der Waals surface area contributed by atoms with E-state index in [0.29, 0.717) is 10.0 Å². The van der Waals surface area contributed by atoms with Gasteiger partial charge in [-0.15, -0.1) is 0 Å². The molecule has 1 unspecified atom stereocenters. The highest BCUT2D eigenvalue weighted by molar-refractivity contribution is 6.42. The highest BCUT2D eigenvalue weighted by Crippen LogP contribution is 2.29. The highest BCUT2D eigenvalue weighted by Gasteiger charge is 2.18. The van der Waals surface area contributed by atoms with Crippen molar-refractivity contribution in [1.82, 2.24) is 4.57 Å². The number of fused-ring (bicyclic) bond motifs is 1. The number of nitrogens with two attached hydrogens (primary N) is 1. The first kappa shape index (κ1) is 13.0. The van der Waals surface area contributed by atoms with E-state index in [2.05, 4.69) is 17.0 Å². The molecule has 1 aliphatic carbocycles. The molecule has 2 N–H and O–H groups in total. The standard InChI is InChI=1S/C15H16Cl2N2/c16-13-5-4-10(6-14(13)17)7-19-8-11-2-1-3-15(18)12(11)9-19/h4-6,8-9,15H,1-3,7,18H2. The maximum Gasteiger partial charge on any atom is 0.0595 e. The second-order valence-corrected chi connectivity index (χ2v) is 5.97. The summed E-state index contributed by atoms with van der Waals surface area (Å²) in [5, 5.41) is 1.20. The van der Waals surface area contributed by atoms with Gasteiger partial charge in [-0.05, 0) is 48.1 Å². The molecule has 0 fully saturated rings. The highest BCUT2D eigenvalue weighted by atomic mass is 35.5. The van der Waals surface area contributed by atoms with Gasteiger partial charge < -0.3 is 10.3 Å². The average molecular weight is 295 g/mol. The maximum atomic E-state index is 6.15. The molecule has 0 radical (unpaired) electrons. The summed E-state index contributed by atoms with van der Waals surface area (Å²) in [4.78, 5) is 0. The lowest BCUT2D eigenvalue weighted by molar-refractivity contribution is 0.573. The van der Waals surface area contributed by atoms with Crippen LogP contribution in [0.1, 0.15) is 35.6 Å². The zero-order chi connectivity index (χ0) is 13.4.